The van der Waals surface area contributed by atoms with Crippen molar-refractivity contribution in [1.29, 1.82) is 0 Å². The number of carbonyl (C=O) groups excluding carboxylic acids is 1. The van der Waals surface area contributed by atoms with Gasteiger partial charge in [-0.2, -0.15) is 0 Å². The SMILES string of the molecule is CC[C@@H](NC(=O)c1ccc(CS(=O)(=O)N2CCCC2)cc1)c1ccc(OC)c(C)c1. The third-order valence-electron chi connectivity index (χ3n) is 5.56. The highest BCUT2D eigenvalue weighted by molar-refractivity contribution is 7.88. The molecule has 2 aromatic rings. The molecular weight excluding hydrogens is 400 g/mol. The van der Waals surface area contributed by atoms with Crippen molar-refractivity contribution in [3.63, 3.8) is 0 Å². The van der Waals surface area contributed by atoms with Gasteiger partial charge in [0, 0.05) is 18.7 Å². The van der Waals surface area contributed by atoms with Gasteiger partial charge >= 0.3 is 0 Å². The quantitative estimate of drug-likeness (QED) is 0.691. The van der Waals surface area contributed by atoms with Gasteiger partial charge < -0.3 is 10.1 Å². The maximum atomic E-state index is 12.7. The van der Waals surface area contributed by atoms with Gasteiger partial charge in [0.05, 0.1) is 18.9 Å². The second kappa shape index (κ2) is 9.62. The third-order valence-corrected chi connectivity index (χ3v) is 7.41. The van der Waals surface area contributed by atoms with E-state index in [4.69, 9.17) is 4.74 Å². The van der Waals surface area contributed by atoms with Gasteiger partial charge in [-0.3, -0.25) is 4.79 Å². The molecule has 0 aromatic heterocycles. The van der Waals surface area contributed by atoms with Crippen molar-refractivity contribution in [2.45, 2.75) is 44.9 Å². The Morgan fingerprint density at radius 2 is 1.80 bits per heavy atom. The molecule has 6 nitrogen and oxygen atoms in total. The summed E-state index contributed by atoms with van der Waals surface area (Å²) < 4.78 is 31.8. The Hall–Kier alpha value is -2.38. The highest BCUT2D eigenvalue weighted by atomic mass is 32.2. The summed E-state index contributed by atoms with van der Waals surface area (Å²) >= 11 is 0. The molecule has 2 aromatic carbocycles. The van der Waals surface area contributed by atoms with Crippen LogP contribution in [0.4, 0.5) is 0 Å². The Morgan fingerprint density at radius 3 is 2.37 bits per heavy atom. The summed E-state index contributed by atoms with van der Waals surface area (Å²) in [5.41, 5.74) is 3.25. The average Bonchev–Trinajstić information content (AvgIpc) is 3.28. The zero-order valence-corrected chi connectivity index (χ0v) is 18.7. The molecule has 0 aliphatic carbocycles. The number of nitrogens with zero attached hydrogens (tertiary/aromatic N) is 1. The molecule has 0 radical (unpaired) electrons. The molecule has 0 spiro atoms. The molecule has 1 saturated heterocycles. The van der Waals surface area contributed by atoms with Crippen LogP contribution in [-0.4, -0.2) is 38.8 Å². The highest BCUT2D eigenvalue weighted by Crippen LogP contribution is 2.25. The van der Waals surface area contributed by atoms with Gasteiger partial charge in [0.15, 0.2) is 0 Å². The first-order valence-electron chi connectivity index (χ1n) is 10.4. The van der Waals surface area contributed by atoms with Gasteiger partial charge in [-0.1, -0.05) is 31.2 Å². The molecule has 7 heteroatoms. The standard InChI is InChI=1S/C23H30N2O4S/c1-4-21(20-11-12-22(29-3)17(2)15-20)24-23(26)19-9-7-18(8-10-19)16-30(27,28)25-13-5-6-14-25/h7-12,15,21H,4-6,13-14,16H2,1-3H3,(H,24,26)/t21-/m1/s1. The summed E-state index contributed by atoms with van der Waals surface area (Å²) in [7, 11) is -1.65. The fourth-order valence-electron chi connectivity index (χ4n) is 3.80. The number of nitrogens with one attached hydrogen (secondary N) is 1. The fraction of sp³-hybridized carbons (Fsp3) is 0.435. The average molecular weight is 431 g/mol. The number of rotatable bonds is 8. The maximum absolute atomic E-state index is 12.7. The first-order valence-corrected chi connectivity index (χ1v) is 12.0. The van der Waals surface area contributed by atoms with Crippen molar-refractivity contribution in [1.82, 2.24) is 9.62 Å². The number of methoxy groups -OCH3 is 1. The van der Waals surface area contributed by atoms with Crippen LogP contribution in [0, 0.1) is 6.92 Å². The Kier molecular flexibility index (Phi) is 7.15. The predicted molar refractivity (Wildman–Crippen MR) is 118 cm³/mol. The summed E-state index contributed by atoms with van der Waals surface area (Å²) in [4.78, 5) is 12.7. The van der Waals surface area contributed by atoms with Crippen molar-refractivity contribution in [3.8, 4) is 5.75 Å². The minimum Gasteiger partial charge on any atom is -0.496 e. The summed E-state index contributed by atoms with van der Waals surface area (Å²) in [5, 5.41) is 3.07. The molecule has 3 rings (SSSR count). The lowest BCUT2D eigenvalue weighted by atomic mass is 10.0. The van der Waals surface area contributed by atoms with Crippen LogP contribution in [0.5, 0.6) is 5.75 Å². The van der Waals surface area contributed by atoms with Gasteiger partial charge in [-0.25, -0.2) is 12.7 Å². The van der Waals surface area contributed by atoms with Gasteiger partial charge in [0.25, 0.3) is 5.91 Å². The van der Waals surface area contributed by atoms with Crippen molar-refractivity contribution in [3.05, 3.63) is 64.7 Å². The van der Waals surface area contributed by atoms with Crippen LogP contribution < -0.4 is 10.1 Å². The zero-order chi connectivity index (χ0) is 21.7. The van der Waals surface area contributed by atoms with E-state index in [1.165, 1.54) is 0 Å². The Morgan fingerprint density at radius 1 is 1.13 bits per heavy atom. The smallest absolute Gasteiger partial charge is 0.251 e. The van der Waals surface area contributed by atoms with Crippen LogP contribution in [0.2, 0.25) is 0 Å². The van der Waals surface area contributed by atoms with E-state index in [1.807, 2.05) is 32.0 Å². The van der Waals surface area contributed by atoms with E-state index in [9.17, 15) is 13.2 Å². The van der Waals surface area contributed by atoms with Crippen molar-refractivity contribution in [2.24, 2.45) is 0 Å². The number of aryl methyl sites for hydroxylation is 1. The van der Waals surface area contributed by atoms with E-state index >= 15 is 0 Å². The molecule has 1 N–H and O–H groups in total. The molecule has 1 fully saturated rings. The minimum absolute atomic E-state index is 0.0301. The second-order valence-corrected chi connectivity index (χ2v) is 9.69. The zero-order valence-electron chi connectivity index (χ0n) is 17.8. The highest BCUT2D eigenvalue weighted by Gasteiger charge is 2.25. The molecule has 1 aliphatic rings. The molecule has 162 valence electrons. The van der Waals surface area contributed by atoms with Crippen LogP contribution >= 0.6 is 0 Å². The summed E-state index contributed by atoms with van der Waals surface area (Å²) in [5.74, 6) is 0.612. The number of hydrogen-bond acceptors (Lipinski definition) is 4. The number of amides is 1. The van der Waals surface area contributed by atoms with Crippen LogP contribution in [0.15, 0.2) is 42.5 Å². The largest absolute Gasteiger partial charge is 0.496 e. The van der Waals surface area contributed by atoms with Crippen LogP contribution in [0.3, 0.4) is 0 Å². The molecule has 0 saturated carbocycles. The molecule has 1 amide bonds. The topological polar surface area (TPSA) is 75.7 Å². The van der Waals surface area contributed by atoms with Crippen LogP contribution in [-0.2, 0) is 15.8 Å². The Bertz CT molecular complexity index is 981. The lowest BCUT2D eigenvalue weighted by Crippen LogP contribution is -2.29. The summed E-state index contributed by atoms with van der Waals surface area (Å²) in [6.07, 6.45) is 2.60. The van der Waals surface area contributed by atoms with Gasteiger partial charge in [0.2, 0.25) is 10.0 Å². The van der Waals surface area contributed by atoms with E-state index < -0.39 is 10.0 Å². The number of ether oxygens (including phenoxy) is 1. The maximum Gasteiger partial charge on any atom is 0.251 e. The Balaban J connectivity index is 1.66. The van der Waals surface area contributed by atoms with E-state index in [0.29, 0.717) is 24.2 Å². The summed E-state index contributed by atoms with van der Waals surface area (Å²) in [6.45, 7) is 5.21. The third kappa shape index (κ3) is 5.21. The first-order chi connectivity index (χ1) is 14.3. The van der Waals surface area contributed by atoms with Crippen molar-refractivity contribution >= 4 is 15.9 Å². The molecule has 30 heavy (non-hydrogen) atoms. The van der Waals surface area contributed by atoms with Gasteiger partial charge in [-0.15, -0.1) is 0 Å². The number of benzene rings is 2. The molecule has 1 atom stereocenters. The monoisotopic (exact) mass is 430 g/mol. The Labute approximate surface area is 179 Å². The minimum atomic E-state index is -3.29. The summed E-state index contributed by atoms with van der Waals surface area (Å²) in [6, 6.07) is 12.6. The van der Waals surface area contributed by atoms with Gasteiger partial charge in [0.1, 0.15) is 5.75 Å². The number of hydrogen-bond donors (Lipinski definition) is 1. The number of carbonyl (C=O) groups is 1. The van der Waals surface area contributed by atoms with E-state index in [-0.39, 0.29) is 17.7 Å². The predicted octanol–water partition coefficient (Wildman–Crippen LogP) is 3.81. The van der Waals surface area contributed by atoms with Crippen LogP contribution in [0.1, 0.15) is 59.3 Å². The van der Waals surface area contributed by atoms with Crippen LogP contribution in [0.25, 0.3) is 0 Å². The lowest BCUT2D eigenvalue weighted by Gasteiger charge is -2.19. The molecule has 0 bridgehead atoms. The normalized spacial score (nSPS) is 15.7. The number of sulfonamides is 1. The second-order valence-electron chi connectivity index (χ2n) is 7.72. The van der Waals surface area contributed by atoms with E-state index in [1.54, 1.807) is 35.7 Å². The van der Waals surface area contributed by atoms with E-state index in [0.717, 1.165) is 36.1 Å². The van der Waals surface area contributed by atoms with E-state index in [2.05, 4.69) is 5.32 Å². The van der Waals surface area contributed by atoms with Crippen molar-refractivity contribution in [2.75, 3.05) is 20.2 Å². The molecule has 1 heterocycles. The van der Waals surface area contributed by atoms with Crippen molar-refractivity contribution < 1.29 is 17.9 Å². The molecular formula is C23H30N2O4S. The lowest BCUT2D eigenvalue weighted by molar-refractivity contribution is 0.0935. The molecule has 0 unspecified atom stereocenters. The fourth-order valence-corrected chi connectivity index (χ4v) is 5.41. The van der Waals surface area contributed by atoms with Gasteiger partial charge in [-0.05, 0) is 61.1 Å². The first kappa shape index (κ1) is 22.3. The molecule has 1 aliphatic heterocycles.